The van der Waals surface area contributed by atoms with Gasteiger partial charge in [0.15, 0.2) is 0 Å². The van der Waals surface area contributed by atoms with E-state index in [2.05, 4.69) is 44.4 Å². The third-order valence-electron chi connectivity index (χ3n) is 6.03. The van der Waals surface area contributed by atoms with Crippen molar-refractivity contribution in [3.8, 4) is 6.07 Å². The van der Waals surface area contributed by atoms with Crippen LogP contribution < -0.4 is 10.2 Å². The summed E-state index contributed by atoms with van der Waals surface area (Å²) in [6.07, 6.45) is 3.71. The number of nitrogens with one attached hydrogen (secondary N) is 1. The number of rotatable bonds is 5. The van der Waals surface area contributed by atoms with Gasteiger partial charge < -0.3 is 10.2 Å². The summed E-state index contributed by atoms with van der Waals surface area (Å²) in [7, 11) is 0. The Bertz CT molecular complexity index is 902. The second-order valence-electron chi connectivity index (χ2n) is 8.92. The van der Waals surface area contributed by atoms with Gasteiger partial charge in [0.2, 0.25) is 5.95 Å². The normalized spacial score (nSPS) is 24.0. The Morgan fingerprint density at radius 1 is 1.28 bits per heavy atom. The summed E-state index contributed by atoms with van der Waals surface area (Å²) in [4.78, 5) is 14.1. The van der Waals surface area contributed by atoms with Gasteiger partial charge in [0.1, 0.15) is 10.8 Å². The van der Waals surface area contributed by atoms with Crippen LogP contribution in [0.4, 0.5) is 16.8 Å². The van der Waals surface area contributed by atoms with Crippen molar-refractivity contribution in [3.05, 3.63) is 23.5 Å². The van der Waals surface area contributed by atoms with Crippen molar-refractivity contribution >= 4 is 28.3 Å². The number of likely N-dealkylation sites (tertiary alicyclic amines) is 1. The lowest BCUT2D eigenvalue weighted by Crippen LogP contribution is -2.72. The molecule has 0 aromatic carbocycles. The highest BCUT2D eigenvalue weighted by Crippen LogP contribution is 2.39. The second kappa shape index (κ2) is 7.88. The minimum Gasteiger partial charge on any atom is -0.352 e. The lowest BCUT2D eigenvalue weighted by atomic mass is 9.80. The smallest absolute Gasteiger partial charge is 0.229 e. The fourth-order valence-electron chi connectivity index (χ4n) is 4.78. The Hall–Kier alpha value is -2.24. The average molecular weight is 412 g/mol. The molecule has 154 valence electrons. The van der Waals surface area contributed by atoms with Gasteiger partial charge in [0, 0.05) is 37.9 Å². The quantitative estimate of drug-likeness (QED) is 0.802. The molecule has 0 saturated carbocycles. The monoisotopic (exact) mass is 411 g/mol. The number of anilines is 3. The van der Waals surface area contributed by atoms with E-state index in [1.807, 2.05) is 26.1 Å². The third-order valence-corrected chi connectivity index (χ3v) is 6.82. The summed E-state index contributed by atoms with van der Waals surface area (Å²) in [6.45, 7) is 12.5. The maximum Gasteiger partial charge on any atom is 0.229 e. The minimum absolute atomic E-state index is 0.0581. The van der Waals surface area contributed by atoms with Gasteiger partial charge in [0.25, 0.3) is 0 Å². The average Bonchev–Trinajstić information content (AvgIpc) is 3.03. The molecule has 0 radical (unpaired) electrons. The molecule has 2 fully saturated rings. The SMILES string of the molecule is Cc1cc(Nc2ncc(C)c(N3CC(CC#N)(N4CC(C)CC(C)C4)C3)n2)sn1. The number of aromatic nitrogens is 3. The van der Waals surface area contributed by atoms with Crippen LogP contribution in [0.1, 0.15) is 37.9 Å². The van der Waals surface area contributed by atoms with Gasteiger partial charge in [-0.15, -0.1) is 0 Å². The molecule has 29 heavy (non-hydrogen) atoms. The summed E-state index contributed by atoms with van der Waals surface area (Å²) in [5, 5.41) is 13.7. The molecule has 7 nitrogen and oxygen atoms in total. The molecule has 2 aliphatic heterocycles. The summed E-state index contributed by atoms with van der Waals surface area (Å²) < 4.78 is 4.30. The molecule has 2 saturated heterocycles. The number of aryl methyl sites for hydroxylation is 2. The van der Waals surface area contributed by atoms with Crippen LogP contribution in [0, 0.1) is 37.0 Å². The molecule has 0 bridgehead atoms. The molecular weight excluding hydrogens is 382 g/mol. The number of nitriles is 1. The summed E-state index contributed by atoms with van der Waals surface area (Å²) in [6, 6.07) is 4.45. The molecule has 8 heteroatoms. The highest BCUT2D eigenvalue weighted by Gasteiger charge is 2.49. The Morgan fingerprint density at radius 3 is 2.62 bits per heavy atom. The van der Waals surface area contributed by atoms with Crippen LogP contribution in [0.2, 0.25) is 0 Å². The van der Waals surface area contributed by atoms with Crippen LogP contribution in [0.3, 0.4) is 0 Å². The Labute approximate surface area is 176 Å². The molecule has 0 spiro atoms. The standard InChI is InChI=1S/C21H29N7S/c1-14-7-15(2)11-28(10-14)21(5-6-22)12-27(13-21)19-16(3)9-23-20(25-19)24-18-8-17(4)26-29-18/h8-9,14-15H,5,7,10-13H2,1-4H3,(H,23,24,25). The van der Waals surface area contributed by atoms with Crippen molar-refractivity contribution < 1.29 is 0 Å². The van der Waals surface area contributed by atoms with Gasteiger partial charge in [-0.05, 0) is 49.7 Å². The first-order valence-electron chi connectivity index (χ1n) is 10.3. The van der Waals surface area contributed by atoms with E-state index in [4.69, 9.17) is 4.98 Å². The van der Waals surface area contributed by atoms with Crippen molar-refractivity contribution in [2.75, 3.05) is 36.4 Å². The Kier molecular flexibility index (Phi) is 5.45. The summed E-state index contributed by atoms with van der Waals surface area (Å²) in [5.41, 5.74) is 1.98. The highest BCUT2D eigenvalue weighted by molar-refractivity contribution is 7.10. The van der Waals surface area contributed by atoms with Crippen molar-refractivity contribution in [3.63, 3.8) is 0 Å². The van der Waals surface area contributed by atoms with Gasteiger partial charge >= 0.3 is 0 Å². The predicted octanol–water partition coefficient (Wildman–Crippen LogP) is 3.74. The van der Waals surface area contributed by atoms with Crippen LogP contribution in [0.15, 0.2) is 12.3 Å². The lowest BCUT2D eigenvalue weighted by Gasteiger charge is -2.58. The van der Waals surface area contributed by atoms with Crippen LogP contribution in [-0.4, -0.2) is 51.0 Å². The molecule has 2 atom stereocenters. The van der Waals surface area contributed by atoms with Crippen molar-refractivity contribution in [1.82, 2.24) is 19.2 Å². The van der Waals surface area contributed by atoms with Crippen molar-refractivity contribution in [2.24, 2.45) is 11.8 Å². The van der Waals surface area contributed by atoms with E-state index in [-0.39, 0.29) is 5.54 Å². The van der Waals surface area contributed by atoms with Crippen LogP contribution in [0.25, 0.3) is 0 Å². The molecule has 0 amide bonds. The van der Waals surface area contributed by atoms with Gasteiger partial charge in [-0.25, -0.2) is 4.98 Å². The minimum atomic E-state index is -0.0581. The van der Waals surface area contributed by atoms with Gasteiger partial charge in [-0.3, -0.25) is 4.90 Å². The van der Waals surface area contributed by atoms with Crippen LogP contribution in [0.5, 0.6) is 0 Å². The molecule has 2 unspecified atom stereocenters. The van der Waals surface area contributed by atoms with E-state index < -0.39 is 0 Å². The second-order valence-corrected chi connectivity index (χ2v) is 9.73. The van der Waals surface area contributed by atoms with Crippen molar-refractivity contribution in [1.29, 1.82) is 5.26 Å². The Morgan fingerprint density at radius 2 is 2.00 bits per heavy atom. The van der Waals surface area contributed by atoms with E-state index >= 15 is 0 Å². The maximum absolute atomic E-state index is 9.52. The zero-order chi connectivity index (χ0) is 20.6. The highest BCUT2D eigenvalue weighted by atomic mass is 32.1. The Balaban J connectivity index is 1.51. The lowest BCUT2D eigenvalue weighted by molar-refractivity contribution is 0.00717. The number of piperidine rings is 1. The maximum atomic E-state index is 9.52. The van der Waals surface area contributed by atoms with Crippen LogP contribution in [-0.2, 0) is 0 Å². The fourth-order valence-corrected chi connectivity index (χ4v) is 5.44. The van der Waals surface area contributed by atoms with E-state index in [0.717, 1.165) is 48.3 Å². The molecular formula is C21H29N7S. The topological polar surface area (TPSA) is 81.0 Å². The molecule has 2 aromatic heterocycles. The zero-order valence-corrected chi connectivity index (χ0v) is 18.5. The largest absolute Gasteiger partial charge is 0.352 e. The van der Waals surface area contributed by atoms with E-state index in [1.54, 1.807) is 0 Å². The molecule has 2 aliphatic rings. The molecule has 1 N–H and O–H groups in total. The first-order valence-corrected chi connectivity index (χ1v) is 11.1. The van der Waals surface area contributed by atoms with Crippen molar-refractivity contribution in [2.45, 2.75) is 46.1 Å². The van der Waals surface area contributed by atoms with E-state index in [9.17, 15) is 5.26 Å². The fraction of sp³-hybridized carbons (Fsp3) is 0.619. The summed E-state index contributed by atoms with van der Waals surface area (Å²) in [5.74, 6) is 2.91. The van der Waals surface area contributed by atoms with Gasteiger partial charge in [-0.2, -0.15) is 14.6 Å². The predicted molar refractivity (Wildman–Crippen MR) is 117 cm³/mol. The van der Waals surface area contributed by atoms with E-state index in [0.29, 0.717) is 24.2 Å². The molecule has 0 aliphatic carbocycles. The molecule has 4 rings (SSSR count). The first-order chi connectivity index (χ1) is 13.9. The van der Waals surface area contributed by atoms with Gasteiger partial charge in [0.05, 0.1) is 23.7 Å². The summed E-state index contributed by atoms with van der Waals surface area (Å²) >= 11 is 1.41. The zero-order valence-electron chi connectivity index (χ0n) is 17.6. The number of nitrogens with zero attached hydrogens (tertiary/aromatic N) is 6. The first kappa shape index (κ1) is 20.0. The molecule has 4 heterocycles. The third kappa shape index (κ3) is 4.07. The van der Waals surface area contributed by atoms with E-state index in [1.165, 1.54) is 18.0 Å². The number of hydrogen-bond acceptors (Lipinski definition) is 8. The van der Waals surface area contributed by atoms with Crippen LogP contribution >= 0.6 is 11.5 Å². The number of hydrogen-bond donors (Lipinski definition) is 1. The molecule has 2 aromatic rings. The van der Waals surface area contributed by atoms with Gasteiger partial charge in [-0.1, -0.05) is 13.8 Å².